The van der Waals surface area contributed by atoms with Crippen LogP contribution in [-0.2, 0) is 16.2 Å². The van der Waals surface area contributed by atoms with Crippen LogP contribution in [0.2, 0.25) is 0 Å². The number of fused-ring (bicyclic) bond motifs is 15. The summed E-state index contributed by atoms with van der Waals surface area (Å²) in [4.78, 5) is 5.02. The lowest BCUT2D eigenvalue weighted by atomic mass is 9.70. The first-order chi connectivity index (χ1) is 36.3. The molecule has 2 nitrogen and oxygen atoms in total. The fourth-order valence-electron chi connectivity index (χ4n) is 14.5. The van der Waals surface area contributed by atoms with Gasteiger partial charge in [0.25, 0.3) is 0 Å². The third-order valence-electron chi connectivity index (χ3n) is 18.5. The molecule has 0 bridgehead atoms. The average molecular weight is 967 g/mol. The molecule has 1 spiro atoms. The molecular weight excluding hydrogens is 905 g/mol. The van der Waals surface area contributed by atoms with Crippen LogP contribution in [0.1, 0.15) is 117 Å². The van der Waals surface area contributed by atoms with Crippen molar-refractivity contribution in [3.8, 4) is 33.4 Å². The molecule has 6 aliphatic rings. The second-order valence-corrected chi connectivity index (χ2v) is 23.2. The quantitative estimate of drug-likeness (QED) is 0.121. The van der Waals surface area contributed by atoms with Crippen LogP contribution < -0.4 is 9.80 Å². The van der Waals surface area contributed by atoms with E-state index >= 15 is 0 Å². The second-order valence-electron chi connectivity index (χ2n) is 23.2. The van der Waals surface area contributed by atoms with Gasteiger partial charge in [0.05, 0.1) is 16.8 Å². The van der Waals surface area contributed by atoms with Crippen molar-refractivity contribution in [2.45, 2.75) is 77.6 Å². The summed E-state index contributed by atoms with van der Waals surface area (Å²) in [7, 11) is 0. The monoisotopic (exact) mass is 966 g/mol. The predicted octanol–water partition coefficient (Wildman–Crippen LogP) is 19.1. The van der Waals surface area contributed by atoms with Gasteiger partial charge in [-0.15, -0.1) is 0 Å². The van der Waals surface area contributed by atoms with E-state index in [1.807, 2.05) is 6.08 Å². The van der Waals surface area contributed by atoms with Crippen molar-refractivity contribution < 1.29 is 0 Å². The molecule has 2 heterocycles. The minimum Gasteiger partial charge on any atom is -0.311 e. The molecule has 14 rings (SSSR count). The zero-order valence-corrected chi connectivity index (χ0v) is 44.2. The van der Waals surface area contributed by atoms with Gasteiger partial charge in [0.1, 0.15) is 0 Å². The van der Waals surface area contributed by atoms with Crippen LogP contribution >= 0.6 is 0 Å². The summed E-state index contributed by atoms with van der Waals surface area (Å²) in [5, 5.41) is 0. The van der Waals surface area contributed by atoms with Crippen molar-refractivity contribution in [2.75, 3.05) is 9.80 Å². The Morgan fingerprint density at radius 3 is 1.49 bits per heavy atom. The molecule has 2 aliphatic heterocycles. The van der Waals surface area contributed by atoms with Gasteiger partial charge in [-0.05, 0) is 175 Å². The predicted molar refractivity (Wildman–Crippen MR) is 316 cm³/mol. The number of para-hydroxylation sites is 2. The fraction of sp³-hybridized carbons (Fsp3) is 0.178. The molecule has 0 aromatic heterocycles. The van der Waals surface area contributed by atoms with E-state index in [2.05, 4.69) is 271 Å². The molecule has 4 aliphatic carbocycles. The molecule has 8 aromatic carbocycles. The number of benzene rings is 8. The molecule has 2 heteroatoms. The highest BCUT2D eigenvalue weighted by atomic mass is 15.2. The van der Waals surface area contributed by atoms with Crippen LogP contribution in [0.15, 0.2) is 229 Å². The van der Waals surface area contributed by atoms with Gasteiger partial charge >= 0.3 is 0 Å². The molecule has 0 atom stereocenters. The van der Waals surface area contributed by atoms with E-state index in [1.54, 1.807) is 0 Å². The molecule has 0 fully saturated rings. The fourth-order valence-corrected chi connectivity index (χ4v) is 14.5. The summed E-state index contributed by atoms with van der Waals surface area (Å²) in [5.74, 6) is 0. The van der Waals surface area contributed by atoms with Crippen molar-refractivity contribution in [1.82, 2.24) is 0 Å². The number of hydrogen-bond donors (Lipinski definition) is 0. The SMILES string of the molecule is C=C/C=C\C1=C(C)C(C)(C)C2=C(C=CCC2)N1c1ccc2c(c1)C(C)(C)c1cc(/C=C/c3ccc4c(c3)C3(c5ccccc5-c5ccccc53)c3cc(N5c6ccccc6C(C)(C)c6ccccc65)ccc3-4)ccc1-2. The highest BCUT2D eigenvalue weighted by molar-refractivity contribution is 5.98. The standard InChI is InChI=1S/C73H62N2/c1-9-10-28-66-46(2)70(3,4)59-25-15-18-29-67(59)74(66)49-36-40-54-53-38-34-47(42-62(53)72(7,8)63(54)44-49)32-33-48-35-39-55-56-41-37-50(75-68-30-19-16-26-60(68)71(5,6)61-27-17-20-31-69(61)75)45-65(56)73(64(55)43-48)57-23-13-11-21-51(57)52-22-12-14-24-58(52)73/h9-14,16-24,26-45H,1,15,25H2,2-8H3/b28-10-,33-32+. The Morgan fingerprint density at radius 2 is 0.893 bits per heavy atom. The summed E-state index contributed by atoms with van der Waals surface area (Å²) in [6.07, 6.45) is 17.7. The first kappa shape index (κ1) is 45.4. The van der Waals surface area contributed by atoms with Crippen LogP contribution in [0.3, 0.4) is 0 Å². The third-order valence-corrected chi connectivity index (χ3v) is 18.5. The summed E-state index contributed by atoms with van der Waals surface area (Å²) in [5.41, 5.74) is 30.5. The lowest BCUT2D eigenvalue weighted by Crippen LogP contribution is -2.35. The van der Waals surface area contributed by atoms with E-state index in [0.29, 0.717) is 0 Å². The van der Waals surface area contributed by atoms with Gasteiger partial charge in [0.15, 0.2) is 0 Å². The van der Waals surface area contributed by atoms with Gasteiger partial charge in [0.2, 0.25) is 0 Å². The number of rotatable bonds is 6. The molecule has 0 N–H and O–H groups in total. The Morgan fingerprint density at radius 1 is 0.440 bits per heavy atom. The summed E-state index contributed by atoms with van der Waals surface area (Å²) in [6.45, 7) is 20.7. The van der Waals surface area contributed by atoms with Crippen molar-refractivity contribution in [1.29, 1.82) is 0 Å². The van der Waals surface area contributed by atoms with Gasteiger partial charge in [-0.25, -0.2) is 0 Å². The van der Waals surface area contributed by atoms with E-state index in [4.69, 9.17) is 0 Å². The molecular formula is C73H62N2. The first-order valence-electron chi connectivity index (χ1n) is 27.0. The average Bonchev–Trinajstić information content (AvgIpc) is 4.13. The van der Waals surface area contributed by atoms with Crippen LogP contribution in [-0.4, -0.2) is 0 Å². The van der Waals surface area contributed by atoms with E-state index in [0.717, 1.165) is 12.8 Å². The van der Waals surface area contributed by atoms with Crippen LogP contribution in [0.4, 0.5) is 22.7 Å². The van der Waals surface area contributed by atoms with Crippen molar-refractivity contribution >= 4 is 34.9 Å². The Bertz CT molecular complexity index is 3870. The molecule has 0 unspecified atom stereocenters. The maximum Gasteiger partial charge on any atom is 0.0726 e. The minimum atomic E-state index is -0.499. The minimum absolute atomic E-state index is 0.0238. The molecule has 8 aromatic rings. The Balaban J connectivity index is 0.856. The number of anilines is 4. The van der Waals surface area contributed by atoms with E-state index in [-0.39, 0.29) is 16.2 Å². The van der Waals surface area contributed by atoms with Gasteiger partial charge < -0.3 is 9.80 Å². The molecule has 0 amide bonds. The maximum absolute atomic E-state index is 4.03. The van der Waals surface area contributed by atoms with E-state index in [9.17, 15) is 0 Å². The molecule has 0 saturated carbocycles. The summed E-state index contributed by atoms with van der Waals surface area (Å²) >= 11 is 0. The number of nitrogens with zero attached hydrogens (tertiary/aromatic N) is 2. The Labute approximate surface area is 443 Å². The highest BCUT2D eigenvalue weighted by Gasteiger charge is 2.52. The summed E-state index contributed by atoms with van der Waals surface area (Å²) < 4.78 is 0. The summed E-state index contributed by atoms with van der Waals surface area (Å²) in [6, 6.07) is 65.1. The van der Waals surface area contributed by atoms with Gasteiger partial charge in [0, 0.05) is 39.0 Å². The van der Waals surface area contributed by atoms with E-state index in [1.165, 1.54) is 134 Å². The molecule has 0 saturated heterocycles. The van der Waals surface area contributed by atoms with Crippen LogP contribution in [0.5, 0.6) is 0 Å². The molecule has 364 valence electrons. The molecule has 0 radical (unpaired) electrons. The van der Waals surface area contributed by atoms with Crippen LogP contribution in [0, 0.1) is 5.41 Å². The number of hydrogen-bond acceptors (Lipinski definition) is 2. The normalized spacial score (nSPS) is 18.1. The smallest absolute Gasteiger partial charge is 0.0726 e. The number of allylic oxidation sites excluding steroid dienone is 7. The zero-order valence-electron chi connectivity index (χ0n) is 44.2. The lowest BCUT2D eigenvalue weighted by molar-refractivity contribution is 0.490. The van der Waals surface area contributed by atoms with Gasteiger partial charge in [-0.1, -0.05) is 206 Å². The topological polar surface area (TPSA) is 6.48 Å². The third kappa shape index (κ3) is 6.20. The lowest BCUT2D eigenvalue weighted by Gasteiger charge is -2.44. The zero-order chi connectivity index (χ0) is 51.2. The Kier molecular flexibility index (Phi) is 9.78. The van der Waals surface area contributed by atoms with Crippen molar-refractivity contribution in [3.05, 3.63) is 285 Å². The van der Waals surface area contributed by atoms with Crippen molar-refractivity contribution in [3.63, 3.8) is 0 Å². The first-order valence-corrected chi connectivity index (χ1v) is 27.0. The maximum atomic E-state index is 4.03. The highest BCUT2D eigenvalue weighted by Crippen LogP contribution is 2.64. The largest absolute Gasteiger partial charge is 0.311 e. The van der Waals surface area contributed by atoms with Gasteiger partial charge in [-0.3, -0.25) is 0 Å². The molecule has 75 heavy (non-hydrogen) atoms. The van der Waals surface area contributed by atoms with E-state index < -0.39 is 5.41 Å². The van der Waals surface area contributed by atoms with Crippen LogP contribution in [0.25, 0.3) is 45.5 Å². The Hall–Kier alpha value is -8.20. The second kappa shape index (κ2) is 16.1. The van der Waals surface area contributed by atoms with Gasteiger partial charge in [-0.2, -0.15) is 0 Å². The van der Waals surface area contributed by atoms with Crippen molar-refractivity contribution in [2.24, 2.45) is 5.41 Å².